The second-order valence-corrected chi connectivity index (χ2v) is 6.25. The Kier molecular flexibility index (Phi) is 3.77. The number of para-hydroxylation sites is 1. The molecule has 2 aromatic carbocycles. The van der Waals surface area contributed by atoms with E-state index in [0.717, 1.165) is 0 Å². The third-order valence-electron chi connectivity index (χ3n) is 4.66. The van der Waals surface area contributed by atoms with Gasteiger partial charge in [-0.2, -0.15) is 0 Å². The summed E-state index contributed by atoms with van der Waals surface area (Å²) in [4.78, 5) is 27.1. The van der Waals surface area contributed by atoms with Crippen molar-refractivity contribution < 1.29 is 24.2 Å². The highest BCUT2D eigenvalue weighted by atomic mass is 16.7. The summed E-state index contributed by atoms with van der Waals surface area (Å²) in [7, 11) is 0. The number of hydrogen-bond acceptors (Lipinski definition) is 5. The van der Waals surface area contributed by atoms with Crippen LogP contribution in [0.1, 0.15) is 22.3 Å². The van der Waals surface area contributed by atoms with Crippen LogP contribution in [0.25, 0.3) is 0 Å². The van der Waals surface area contributed by atoms with Crippen molar-refractivity contribution in [1.82, 2.24) is 0 Å². The molecule has 0 spiro atoms. The van der Waals surface area contributed by atoms with E-state index in [1.165, 1.54) is 4.90 Å². The van der Waals surface area contributed by atoms with Crippen LogP contribution < -0.4 is 14.4 Å². The minimum atomic E-state index is -1.90. The maximum absolute atomic E-state index is 12.9. The molecule has 6 nitrogen and oxygen atoms in total. The molecular formula is C20H17NO5. The van der Waals surface area contributed by atoms with Gasteiger partial charge < -0.3 is 19.5 Å². The maximum atomic E-state index is 12.9. The highest BCUT2D eigenvalue weighted by Crippen LogP contribution is 2.43. The van der Waals surface area contributed by atoms with Gasteiger partial charge in [-0.15, -0.1) is 6.58 Å². The molecule has 0 aromatic heterocycles. The van der Waals surface area contributed by atoms with E-state index >= 15 is 0 Å². The van der Waals surface area contributed by atoms with Crippen LogP contribution in [-0.2, 0) is 10.4 Å². The van der Waals surface area contributed by atoms with Gasteiger partial charge in [-0.1, -0.05) is 24.3 Å². The third-order valence-corrected chi connectivity index (χ3v) is 4.66. The Balaban J connectivity index is 1.67. The van der Waals surface area contributed by atoms with Crippen LogP contribution in [0.3, 0.4) is 0 Å². The minimum Gasteiger partial charge on any atom is -0.454 e. The number of nitrogens with zero attached hydrogens (tertiary/aromatic N) is 1. The summed E-state index contributed by atoms with van der Waals surface area (Å²) in [5.41, 5.74) is -0.512. The Morgan fingerprint density at radius 3 is 2.81 bits per heavy atom. The Morgan fingerprint density at radius 2 is 2.00 bits per heavy atom. The minimum absolute atomic E-state index is 0.110. The van der Waals surface area contributed by atoms with E-state index in [9.17, 15) is 14.7 Å². The lowest BCUT2D eigenvalue weighted by molar-refractivity contribution is -0.135. The van der Waals surface area contributed by atoms with Crippen LogP contribution in [0.5, 0.6) is 11.5 Å². The molecule has 4 rings (SSSR count). The number of rotatable bonds is 5. The molecule has 0 saturated carbocycles. The summed E-state index contributed by atoms with van der Waals surface area (Å²) >= 11 is 0. The number of carbonyl (C=O) groups is 2. The van der Waals surface area contributed by atoms with Crippen molar-refractivity contribution in [3.05, 3.63) is 66.2 Å². The van der Waals surface area contributed by atoms with Gasteiger partial charge in [0.25, 0.3) is 5.91 Å². The van der Waals surface area contributed by atoms with E-state index in [1.54, 1.807) is 48.5 Å². The topological polar surface area (TPSA) is 76.1 Å². The van der Waals surface area contributed by atoms with Crippen molar-refractivity contribution >= 4 is 17.4 Å². The zero-order valence-electron chi connectivity index (χ0n) is 14.0. The van der Waals surface area contributed by atoms with Gasteiger partial charge in [-0.3, -0.25) is 9.59 Å². The molecule has 0 fully saturated rings. The normalized spacial score (nSPS) is 20.2. The van der Waals surface area contributed by atoms with E-state index in [-0.39, 0.29) is 25.5 Å². The molecule has 2 heterocycles. The summed E-state index contributed by atoms with van der Waals surface area (Å²) in [5.74, 6) is 0.177. The second kappa shape index (κ2) is 6.00. The standard InChI is InChI=1S/C20H17NO5/c1-2-9-21-15-6-4-3-5-14(15)20(24,19(21)23)11-16(22)13-7-8-17-18(10-13)26-12-25-17/h2-8,10,24H,1,9,11-12H2/t20-/m0/s1. The number of benzene rings is 2. The summed E-state index contributed by atoms with van der Waals surface area (Å²) < 4.78 is 10.5. The van der Waals surface area contributed by atoms with Gasteiger partial charge in [-0.05, 0) is 24.3 Å². The molecule has 2 aliphatic rings. The Bertz CT molecular complexity index is 922. The average Bonchev–Trinajstić information content (AvgIpc) is 3.19. The fraction of sp³-hybridized carbons (Fsp3) is 0.200. The highest BCUT2D eigenvalue weighted by molar-refractivity contribution is 6.11. The van der Waals surface area contributed by atoms with Crippen LogP contribution in [0.15, 0.2) is 55.1 Å². The summed E-state index contributed by atoms with van der Waals surface area (Å²) in [6.45, 7) is 4.02. The summed E-state index contributed by atoms with van der Waals surface area (Å²) in [6, 6.07) is 11.8. The first-order chi connectivity index (χ1) is 12.5. The van der Waals surface area contributed by atoms with Crippen molar-refractivity contribution in [2.24, 2.45) is 0 Å². The second-order valence-electron chi connectivity index (χ2n) is 6.25. The van der Waals surface area contributed by atoms with Crippen molar-refractivity contribution in [2.45, 2.75) is 12.0 Å². The molecule has 0 saturated heterocycles. The first-order valence-electron chi connectivity index (χ1n) is 8.22. The number of Topliss-reactive ketones (excluding diaryl/α,β-unsaturated/α-hetero) is 1. The van der Waals surface area contributed by atoms with Gasteiger partial charge in [-0.25, -0.2) is 0 Å². The zero-order valence-corrected chi connectivity index (χ0v) is 14.0. The van der Waals surface area contributed by atoms with Crippen LogP contribution in [0.2, 0.25) is 0 Å². The number of aliphatic hydroxyl groups is 1. The quantitative estimate of drug-likeness (QED) is 0.661. The summed E-state index contributed by atoms with van der Waals surface area (Å²) in [6.07, 6.45) is 1.23. The van der Waals surface area contributed by atoms with Gasteiger partial charge >= 0.3 is 0 Å². The molecule has 0 bridgehead atoms. The van der Waals surface area contributed by atoms with Gasteiger partial charge in [0.15, 0.2) is 22.9 Å². The molecule has 26 heavy (non-hydrogen) atoms. The molecular weight excluding hydrogens is 334 g/mol. The van der Waals surface area contributed by atoms with E-state index in [4.69, 9.17) is 9.47 Å². The average molecular weight is 351 g/mol. The van der Waals surface area contributed by atoms with E-state index in [2.05, 4.69) is 6.58 Å². The number of amides is 1. The van der Waals surface area contributed by atoms with Crippen molar-refractivity contribution in [3.8, 4) is 11.5 Å². The molecule has 1 amide bonds. The molecule has 1 N–H and O–H groups in total. The fourth-order valence-electron chi connectivity index (χ4n) is 3.39. The van der Waals surface area contributed by atoms with Gasteiger partial charge in [0, 0.05) is 17.7 Å². The van der Waals surface area contributed by atoms with Crippen molar-refractivity contribution in [2.75, 3.05) is 18.2 Å². The first-order valence-corrected chi connectivity index (χ1v) is 8.22. The zero-order chi connectivity index (χ0) is 18.3. The lowest BCUT2D eigenvalue weighted by Crippen LogP contribution is -2.41. The molecule has 2 aromatic rings. The molecule has 132 valence electrons. The van der Waals surface area contributed by atoms with Crippen LogP contribution >= 0.6 is 0 Å². The first kappa shape index (κ1) is 16.4. The van der Waals surface area contributed by atoms with E-state index < -0.39 is 11.5 Å². The number of fused-ring (bicyclic) bond motifs is 2. The predicted molar refractivity (Wildman–Crippen MR) is 94.4 cm³/mol. The van der Waals surface area contributed by atoms with E-state index in [0.29, 0.717) is 28.3 Å². The molecule has 6 heteroatoms. The largest absolute Gasteiger partial charge is 0.454 e. The van der Waals surface area contributed by atoms with Gasteiger partial charge in [0.05, 0.1) is 12.1 Å². The smallest absolute Gasteiger partial charge is 0.264 e. The van der Waals surface area contributed by atoms with Gasteiger partial charge in [0.2, 0.25) is 6.79 Å². The number of carbonyl (C=O) groups excluding carboxylic acids is 2. The molecule has 1 atom stereocenters. The number of ketones is 1. The Morgan fingerprint density at radius 1 is 1.23 bits per heavy atom. The number of anilines is 1. The molecule has 0 unspecified atom stereocenters. The Hall–Kier alpha value is -3.12. The van der Waals surface area contributed by atoms with Crippen LogP contribution in [-0.4, -0.2) is 30.1 Å². The number of hydrogen-bond donors (Lipinski definition) is 1. The van der Waals surface area contributed by atoms with Crippen molar-refractivity contribution in [1.29, 1.82) is 0 Å². The fourth-order valence-corrected chi connectivity index (χ4v) is 3.39. The monoisotopic (exact) mass is 351 g/mol. The van der Waals surface area contributed by atoms with Crippen LogP contribution in [0, 0.1) is 0 Å². The predicted octanol–water partition coefficient (Wildman–Crippen LogP) is 2.41. The number of ether oxygens (including phenoxy) is 2. The van der Waals surface area contributed by atoms with E-state index in [1.807, 2.05) is 0 Å². The highest BCUT2D eigenvalue weighted by Gasteiger charge is 2.50. The lowest BCUT2D eigenvalue weighted by atomic mass is 9.88. The SMILES string of the molecule is C=CCN1C(=O)[C@](O)(CC(=O)c2ccc3c(c2)OCO3)c2ccccc21. The Labute approximate surface area is 150 Å². The molecule has 2 aliphatic heterocycles. The molecule has 0 aliphatic carbocycles. The lowest BCUT2D eigenvalue weighted by Gasteiger charge is -2.22. The molecule has 0 radical (unpaired) electrons. The van der Waals surface area contributed by atoms with Crippen molar-refractivity contribution in [3.63, 3.8) is 0 Å². The summed E-state index contributed by atoms with van der Waals surface area (Å²) in [5, 5.41) is 11.1. The third kappa shape index (κ3) is 2.38. The maximum Gasteiger partial charge on any atom is 0.264 e. The van der Waals surface area contributed by atoms with Gasteiger partial charge in [0.1, 0.15) is 0 Å². The van der Waals surface area contributed by atoms with Crippen LogP contribution in [0.4, 0.5) is 5.69 Å².